The van der Waals surface area contributed by atoms with E-state index in [1.165, 1.54) is 5.56 Å². The van der Waals surface area contributed by atoms with E-state index in [9.17, 15) is 0 Å². The molecule has 0 amide bonds. The van der Waals surface area contributed by atoms with Crippen molar-refractivity contribution in [3.05, 3.63) is 35.9 Å². The lowest BCUT2D eigenvalue weighted by Crippen LogP contribution is -2.36. The minimum atomic E-state index is 0.212. The van der Waals surface area contributed by atoms with Crippen molar-refractivity contribution >= 4 is 0 Å². The first-order valence-corrected chi connectivity index (χ1v) is 6.02. The van der Waals surface area contributed by atoms with E-state index in [4.69, 9.17) is 6.42 Å². The van der Waals surface area contributed by atoms with E-state index in [0.717, 1.165) is 19.3 Å². The number of terminal acetylenes is 1. The van der Waals surface area contributed by atoms with Gasteiger partial charge in [-0.25, -0.2) is 0 Å². The maximum absolute atomic E-state index is 5.49. The minimum Gasteiger partial charge on any atom is -0.301 e. The fourth-order valence-electron chi connectivity index (χ4n) is 1.87. The molecule has 86 valence electrons. The first-order chi connectivity index (χ1) is 7.76. The molecule has 1 heteroatoms. The van der Waals surface area contributed by atoms with Crippen LogP contribution in [0.1, 0.15) is 32.3 Å². The SMILES string of the molecule is C#CC(CCC)NC(C)Cc1ccccc1. The average molecular weight is 215 g/mol. The Morgan fingerprint density at radius 3 is 2.56 bits per heavy atom. The van der Waals surface area contributed by atoms with Crippen molar-refractivity contribution in [3.63, 3.8) is 0 Å². The molecule has 0 fully saturated rings. The van der Waals surface area contributed by atoms with Gasteiger partial charge >= 0.3 is 0 Å². The largest absolute Gasteiger partial charge is 0.301 e. The van der Waals surface area contributed by atoms with Crippen molar-refractivity contribution in [1.29, 1.82) is 0 Å². The van der Waals surface area contributed by atoms with E-state index in [2.05, 4.69) is 49.4 Å². The highest BCUT2D eigenvalue weighted by Crippen LogP contribution is 2.04. The number of rotatable bonds is 6. The summed E-state index contributed by atoms with van der Waals surface area (Å²) in [5, 5.41) is 3.48. The molecule has 2 unspecified atom stereocenters. The second kappa shape index (κ2) is 7.09. The van der Waals surface area contributed by atoms with Gasteiger partial charge in [-0.2, -0.15) is 0 Å². The van der Waals surface area contributed by atoms with Crippen molar-refractivity contribution in [1.82, 2.24) is 5.32 Å². The first kappa shape index (κ1) is 12.8. The number of benzene rings is 1. The molecule has 16 heavy (non-hydrogen) atoms. The fraction of sp³-hybridized carbons (Fsp3) is 0.467. The van der Waals surface area contributed by atoms with Gasteiger partial charge in [0.25, 0.3) is 0 Å². The van der Waals surface area contributed by atoms with Gasteiger partial charge in [0.2, 0.25) is 0 Å². The topological polar surface area (TPSA) is 12.0 Å². The molecule has 0 aliphatic rings. The highest BCUT2D eigenvalue weighted by atomic mass is 14.9. The van der Waals surface area contributed by atoms with Crippen LogP contribution in [0.2, 0.25) is 0 Å². The van der Waals surface area contributed by atoms with Crippen molar-refractivity contribution in [2.24, 2.45) is 0 Å². The molecule has 1 aromatic carbocycles. The van der Waals surface area contributed by atoms with Crippen molar-refractivity contribution in [2.75, 3.05) is 0 Å². The van der Waals surface area contributed by atoms with Crippen LogP contribution in [0.25, 0.3) is 0 Å². The molecule has 0 bridgehead atoms. The normalized spacial score (nSPS) is 14.1. The summed E-state index contributed by atoms with van der Waals surface area (Å²) in [4.78, 5) is 0. The van der Waals surface area contributed by atoms with Crippen LogP contribution in [0.5, 0.6) is 0 Å². The molecule has 1 nitrogen and oxygen atoms in total. The molecule has 0 aliphatic carbocycles. The van der Waals surface area contributed by atoms with Crippen LogP contribution in [-0.2, 0) is 6.42 Å². The summed E-state index contributed by atoms with van der Waals surface area (Å²) in [6, 6.07) is 11.1. The Kier molecular flexibility index (Phi) is 5.67. The molecule has 2 atom stereocenters. The van der Waals surface area contributed by atoms with Gasteiger partial charge in [0, 0.05) is 6.04 Å². The summed E-state index contributed by atoms with van der Waals surface area (Å²) in [6.45, 7) is 4.35. The van der Waals surface area contributed by atoms with Crippen LogP contribution >= 0.6 is 0 Å². The Morgan fingerprint density at radius 2 is 2.00 bits per heavy atom. The van der Waals surface area contributed by atoms with Crippen LogP contribution in [-0.4, -0.2) is 12.1 Å². The fourth-order valence-corrected chi connectivity index (χ4v) is 1.87. The molecule has 0 radical (unpaired) electrons. The second-order valence-corrected chi connectivity index (χ2v) is 4.27. The van der Waals surface area contributed by atoms with Crippen molar-refractivity contribution in [3.8, 4) is 12.3 Å². The third-order valence-corrected chi connectivity index (χ3v) is 2.65. The van der Waals surface area contributed by atoms with Gasteiger partial charge in [-0.05, 0) is 25.3 Å². The second-order valence-electron chi connectivity index (χ2n) is 4.27. The number of hydrogen-bond acceptors (Lipinski definition) is 1. The molecule has 0 heterocycles. The third-order valence-electron chi connectivity index (χ3n) is 2.65. The predicted molar refractivity (Wildman–Crippen MR) is 70.3 cm³/mol. The first-order valence-electron chi connectivity index (χ1n) is 6.02. The monoisotopic (exact) mass is 215 g/mol. The Balaban J connectivity index is 2.41. The summed E-state index contributed by atoms with van der Waals surface area (Å²) in [5.74, 6) is 2.81. The maximum Gasteiger partial charge on any atom is 0.0688 e. The summed E-state index contributed by atoms with van der Waals surface area (Å²) in [6.07, 6.45) is 8.69. The maximum atomic E-state index is 5.49. The zero-order valence-corrected chi connectivity index (χ0v) is 10.2. The Hall–Kier alpha value is -1.26. The standard InChI is InChI=1S/C15H21N/c1-4-9-15(5-2)16-13(3)12-14-10-7-6-8-11-14/h2,6-8,10-11,13,15-16H,4,9,12H2,1,3H3. The van der Waals surface area contributed by atoms with Gasteiger partial charge in [-0.15, -0.1) is 6.42 Å². The van der Waals surface area contributed by atoms with Gasteiger partial charge < -0.3 is 5.32 Å². The van der Waals surface area contributed by atoms with Gasteiger partial charge in [0.05, 0.1) is 6.04 Å². The molecule has 1 N–H and O–H groups in total. The molecule has 0 saturated heterocycles. The van der Waals surface area contributed by atoms with E-state index in [1.807, 2.05) is 6.07 Å². The van der Waals surface area contributed by atoms with E-state index < -0.39 is 0 Å². The van der Waals surface area contributed by atoms with Gasteiger partial charge in [0.15, 0.2) is 0 Å². The average Bonchev–Trinajstić information content (AvgIpc) is 2.29. The molecule has 0 spiro atoms. The van der Waals surface area contributed by atoms with Gasteiger partial charge in [-0.3, -0.25) is 0 Å². The van der Waals surface area contributed by atoms with E-state index in [0.29, 0.717) is 6.04 Å². The zero-order valence-electron chi connectivity index (χ0n) is 10.2. The molecule has 0 aliphatic heterocycles. The summed E-state index contributed by atoms with van der Waals surface area (Å²) < 4.78 is 0. The van der Waals surface area contributed by atoms with Gasteiger partial charge in [0.1, 0.15) is 0 Å². The zero-order chi connectivity index (χ0) is 11.8. The Bertz CT molecular complexity index is 323. The smallest absolute Gasteiger partial charge is 0.0688 e. The van der Waals surface area contributed by atoms with Gasteiger partial charge in [-0.1, -0.05) is 49.6 Å². The summed E-state index contributed by atoms with van der Waals surface area (Å²) in [5.41, 5.74) is 1.36. The molecular weight excluding hydrogens is 194 g/mol. The molecule has 0 saturated carbocycles. The van der Waals surface area contributed by atoms with E-state index in [-0.39, 0.29) is 6.04 Å². The molecule has 0 aromatic heterocycles. The van der Waals surface area contributed by atoms with Crippen LogP contribution < -0.4 is 5.32 Å². The lowest BCUT2D eigenvalue weighted by Gasteiger charge is -2.18. The van der Waals surface area contributed by atoms with Crippen LogP contribution in [0.4, 0.5) is 0 Å². The van der Waals surface area contributed by atoms with Crippen molar-refractivity contribution in [2.45, 2.75) is 45.2 Å². The predicted octanol–water partition coefficient (Wildman–Crippen LogP) is 3.01. The quantitative estimate of drug-likeness (QED) is 0.719. The summed E-state index contributed by atoms with van der Waals surface area (Å²) >= 11 is 0. The van der Waals surface area contributed by atoms with Crippen LogP contribution in [0, 0.1) is 12.3 Å². The van der Waals surface area contributed by atoms with Crippen LogP contribution in [0.3, 0.4) is 0 Å². The highest BCUT2D eigenvalue weighted by Gasteiger charge is 2.08. The number of hydrogen-bond donors (Lipinski definition) is 1. The molecule has 1 rings (SSSR count). The van der Waals surface area contributed by atoms with Crippen LogP contribution in [0.15, 0.2) is 30.3 Å². The Morgan fingerprint density at radius 1 is 1.31 bits per heavy atom. The highest BCUT2D eigenvalue weighted by molar-refractivity contribution is 5.16. The van der Waals surface area contributed by atoms with E-state index >= 15 is 0 Å². The Labute approximate surface area is 99.3 Å². The van der Waals surface area contributed by atoms with E-state index in [1.54, 1.807) is 0 Å². The van der Waals surface area contributed by atoms with Crippen molar-refractivity contribution < 1.29 is 0 Å². The minimum absolute atomic E-state index is 0.212. The molecular formula is C15H21N. The lowest BCUT2D eigenvalue weighted by atomic mass is 10.1. The molecule has 1 aromatic rings. The third kappa shape index (κ3) is 4.51. The lowest BCUT2D eigenvalue weighted by molar-refractivity contribution is 0.479. The number of nitrogens with one attached hydrogen (secondary N) is 1. The summed E-state index contributed by atoms with van der Waals surface area (Å²) in [7, 11) is 0.